The first-order chi connectivity index (χ1) is 11.0. The summed E-state index contributed by atoms with van der Waals surface area (Å²) in [6, 6.07) is 6.92. The van der Waals surface area contributed by atoms with Gasteiger partial charge in [-0.15, -0.1) is 11.6 Å². The third-order valence-corrected chi connectivity index (χ3v) is 2.92. The van der Waals surface area contributed by atoms with Gasteiger partial charge in [0, 0.05) is 18.1 Å². The van der Waals surface area contributed by atoms with Crippen LogP contribution in [0.3, 0.4) is 0 Å². The van der Waals surface area contributed by atoms with E-state index in [4.69, 9.17) is 21.1 Å². The van der Waals surface area contributed by atoms with Crippen molar-refractivity contribution in [3.8, 4) is 0 Å². The maximum atomic E-state index is 12.1. The highest BCUT2D eigenvalue weighted by atomic mass is 35.5. The van der Waals surface area contributed by atoms with Crippen molar-refractivity contribution in [2.24, 2.45) is 5.16 Å². The van der Waals surface area contributed by atoms with Gasteiger partial charge in [0.05, 0.1) is 25.9 Å². The lowest BCUT2D eigenvalue weighted by molar-refractivity contribution is -0.141. The van der Waals surface area contributed by atoms with E-state index in [0.717, 1.165) is 0 Å². The van der Waals surface area contributed by atoms with E-state index in [9.17, 15) is 9.59 Å². The third kappa shape index (κ3) is 5.41. The number of halogens is 1. The fraction of sp³-hybridized carbons (Fsp3) is 0.312. The van der Waals surface area contributed by atoms with E-state index in [0.29, 0.717) is 16.8 Å². The molecule has 0 N–H and O–H groups in total. The first-order valence-corrected chi connectivity index (χ1v) is 7.38. The number of oxime groups is 1. The van der Waals surface area contributed by atoms with E-state index in [1.807, 2.05) is 0 Å². The molecule has 6 nitrogen and oxygen atoms in total. The molecule has 0 heterocycles. The summed E-state index contributed by atoms with van der Waals surface area (Å²) in [7, 11) is 1.43. The zero-order valence-corrected chi connectivity index (χ0v) is 13.9. The molecule has 0 unspecified atom stereocenters. The molecule has 1 aromatic rings. The van der Waals surface area contributed by atoms with E-state index >= 15 is 0 Å². The average Bonchev–Trinajstić information content (AvgIpc) is 2.53. The topological polar surface area (TPSA) is 74.2 Å². The van der Waals surface area contributed by atoms with E-state index < -0.39 is 11.9 Å². The maximum Gasteiger partial charge on any atom is 0.341 e. The van der Waals surface area contributed by atoms with Gasteiger partial charge in [-0.25, -0.2) is 9.59 Å². The molecule has 0 aliphatic heterocycles. The molecule has 0 aliphatic carbocycles. The molecule has 0 saturated carbocycles. The van der Waals surface area contributed by atoms with Gasteiger partial charge in [0.1, 0.15) is 11.3 Å². The molecule has 1 rings (SSSR count). The van der Waals surface area contributed by atoms with Crippen LogP contribution in [0, 0.1) is 0 Å². The summed E-state index contributed by atoms with van der Waals surface area (Å²) in [4.78, 5) is 27.7. The standard InChI is InChI=1S/C16H18ClNO5/c1-4-22-16(20)14(10-21-3)12-7-5-6-8-13(12)15(9-17)18-23-11(2)19/h5-8,10H,4,9H2,1-3H3. The number of alkyl halides is 1. The zero-order valence-electron chi connectivity index (χ0n) is 13.2. The Hall–Kier alpha value is -2.34. The lowest BCUT2D eigenvalue weighted by atomic mass is 9.98. The number of methoxy groups -OCH3 is 1. The molecule has 0 aromatic heterocycles. The van der Waals surface area contributed by atoms with Crippen LogP contribution in [0.2, 0.25) is 0 Å². The summed E-state index contributed by atoms with van der Waals surface area (Å²) in [5.74, 6) is -1.11. The van der Waals surface area contributed by atoms with E-state index in [2.05, 4.69) is 9.99 Å². The first kappa shape index (κ1) is 18.7. The molecule has 0 saturated heterocycles. The highest BCUT2D eigenvalue weighted by molar-refractivity contribution is 6.33. The molecule has 0 bridgehead atoms. The molecule has 1 aromatic carbocycles. The summed E-state index contributed by atoms with van der Waals surface area (Å²) < 4.78 is 10.0. The van der Waals surface area contributed by atoms with Gasteiger partial charge < -0.3 is 14.3 Å². The van der Waals surface area contributed by atoms with Crippen LogP contribution < -0.4 is 0 Å². The first-order valence-electron chi connectivity index (χ1n) is 6.85. The van der Waals surface area contributed by atoms with Crippen LogP contribution in [-0.2, 0) is 23.9 Å². The highest BCUT2D eigenvalue weighted by Gasteiger charge is 2.20. The Bertz CT molecular complexity index is 625. The smallest absolute Gasteiger partial charge is 0.341 e. The van der Waals surface area contributed by atoms with Crippen molar-refractivity contribution >= 4 is 34.8 Å². The van der Waals surface area contributed by atoms with Crippen LogP contribution in [0.1, 0.15) is 25.0 Å². The van der Waals surface area contributed by atoms with Gasteiger partial charge in [0.15, 0.2) is 0 Å². The fourth-order valence-electron chi connectivity index (χ4n) is 1.78. The summed E-state index contributed by atoms with van der Waals surface area (Å²) in [6.07, 6.45) is 1.29. The average molecular weight is 340 g/mol. The molecule has 0 amide bonds. The van der Waals surface area contributed by atoms with Crippen LogP contribution in [0.4, 0.5) is 0 Å². The lowest BCUT2D eigenvalue weighted by Crippen LogP contribution is -2.13. The van der Waals surface area contributed by atoms with Crippen molar-refractivity contribution in [2.75, 3.05) is 19.6 Å². The number of carbonyl (C=O) groups is 2. The highest BCUT2D eigenvalue weighted by Crippen LogP contribution is 2.22. The molecule has 0 fully saturated rings. The van der Waals surface area contributed by atoms with Gasteiger partial charge >= 0.3 is 11.9 Å². The second-order valence-corrected chi connectivity index (χ2v) is 4.56. The number of hydrogen-bond acceptors (Lipinski definition) is 6. The summed E-state index contributed by atoms with van der Waals surface area (Å²) in [5.41, 5.74) is 1.58. The zero-order chi connectivity index (χ0) is 17.2. The van der Waals surface area contributed by atoms with E-state index in [1.54, 1.807) is 31.2 Å². The molecule has 0 atom stereocenters. The van der Waals surface area contributed by atoms with Gasteiger partial charge in [-0.05, 0) is 6.92 Å². The lowest BCUT2D eigenvalue weighted by Gasteiger charge is -2.12. The fourth-order valence-corrected chi connectivity index (χ4v) is 1.98. The molecular formula is C16H18ClNO5. The normalized spacial score (nSPS) is 11.8. The summed E-state index contributed by atoms with van der Waals surface area (Å²) >= 11 is 5.89. The Morgan fingerprint density at radius 3 is 2.43 bits per heavy atom. The van der Waals surface area contributed by atoms with Gasteiger partial charge in [-0.1, -0.05) is 29.4 Å². The Kier molecular flexibility index (Phi) is 7.83. The molecule has 124 valence electrons. The van der Waals surface area contributed by atoms with Gasteiger partial charge in [-0.3, -0.25) is 0 Å². The molecule has 0 spiro atoms. The van der Waals surface area contributed by atoms with E-state index in [-0.39, 0.29) is 18.1 Å². The molecule has 0 radical (unpaired) electrons. The number of nitrogens with zero attached hydrogens (tertiary/aromatic N) is 1. The number of benzene rings is 1. The monoisotopic (exact) mass is 339 g/mol. The van der Waals surface area contributed by atoms with Crippen molar-refractivity contribution < 1.29 is 23.9 Å². The Balaban J connectivity index is 3.36. The molecule has 7 heteroatoms. The van der Waals surface area contributed by atoms with Gasteiger partial charge in [-0.2, -0.15) is 0 Å². The van der Waals surface area contributed by atoms with Crippen molar-refractivity contribution in [3.05, 3.63) is 41.7 Å². The van der Waals surface area contributed by atoms with Crippen LogP contribution in [0.5, 0.6) is 0 Å². The van der Waals surface area contributed by atoms with Crippen molar-refractivity contribution in [1.82, 2.24) is 0 Å². The Morgan fingerprint density at radius 2 is 1.91 bits per heavy atom. The third-order valence-electron chi connectivity index (χ3n) is 2.67. The Morgan fingerprint density at radius 1 is 1.26 bits per heavy atom. The second kappa shape index (κ2) is 9.63. The maximum absolute atomic E-state index is 12.1. The SMILES string of the molecule is CCOC(=O)C(=COC)c1ccccc1C(CCl)=NOC(C)=O. The molecule has 23 heavy (non-hydrogen) atoms. The van der Waals surface area contributed by atoms with Gasteiger partial charge in [0.2, 0.25) is 0 Å². The summed E-state index contributed by atoms with van der Waals surface area (Å²) in [6.45, 7) is 3.17. The predicted octanol–water partition coefficient (Wildman–Crippen LogP) is 2.74. The van der Waals surface area contributed by atoms with Crippen molar-refractivity contribution in [2.45, 2.75) is 13.8 Å². The minimum Gasteiger partial charge on any atom is -0.503 e. The van der Waals surface area contributed by atoms with Crippen LogP contribution in [0.15, 0.2) is 35.7 Å². The molecule has 0 aliphatic rings. The summed E-state index contributed by atoms with van der Waals surface area (Å²) in [5, 5.41) is 3.74. The quantitative estimate of drug-likeness (QED) is 0.145. The number of carbonyl (C=O) groups excluding carboxylic acids is 2. The molecular weight excluding hydrogens is 322 g/mol. The minimum atomic E-state index is -0.567. The Labute approximate surface area is 139 Å². The van der Waals surface area contributed by atoms with Crippen LogP contribution in [0.25, 0.3) is 5.57 Å². The predicted molar refractivity (Wildman–Crippen MR) is 87.1 cm³/mol. The van der Waals surface area contributed by atoms with E-state index in [1.165, 1.54) is 20.3 Å². The van der Waals surface area contributed by atoms with Crippen molar-refractivity contribution in [3.63, 3.8) is 0 Å². The minimum absolute atomic E-state index is 0.00657. The number of ether oxygens (including phenoxy) is 2. The second-order valence-electron chi connectivity index (χ2n) is 4.29. The van der Waals surface area contributed by atoms with Crippen molar-refractivity contribution in [1.29, 1.82) is 0 Å². The number of esters is 1. The number of hydrogen-bond donors (Lipinski definition) is 0. The van der Waals surface area contributed by atoms with Crippen LogP contribution in [-0.4, -0.2) is 37.2 Å². The van der Waals surface area contributed by atoms with Gasteiger partial charge in [0.25, 0.3) is 0 Å². The van der Waals surface area contributed by atoms with Crippen LogP contribution >= 0.6 is 11.6 Å². The largest absolute Gasteiger partial charge is 0.503 e. The number of rotatable bonds is 7.